The maximum Gasteiger partial charge on any atom is 0.253 e. The van der Waals surface area contributed by atoms with E-state index in [1.807, 2.05) is 0 Å². The molecule has 0 bridgehead atoms. The van der Waals surface area contributed by atoms with Gasteiger partial charge in [-0.1, -0.05) is 40.0 Å². The molecule has 1 unspecified atom stereocenters. The number of nitrogens with zero attached hydrogens (tertiary/aromatic N) is 1. The summed E-state index contributed by atoms with van der Waals surface area (Å²) in [5, 5.41) is 20.3. The molecule has 2 N–H and O–H groups in total. The molecule has 0 spiro atoms. The molecule has 0 saturated carbocycles. The van der Waals surface area contributed by atoms with E-state index < -0.39 is 0 Å². The number of aromatic hydroxyl groups is 2. The monoisotopic (exact) mass is 321 g/mol. The van der Waals surface area contributed by atoms with Crippen molar-refractivity contribution in [1.82, 2.24) is 4.90 Å². The molecular formula is C19H31NO3. The highest BCUT2D eigenvalue weighted by atomic mass is 16.3. The smallest absolute Gasteiger partial charge is 0.253 e. The van der Waals surface area contributed by atoms with Gasteiger partial charge in [-0.15, -0.1) is 0 Å². The van der Waals surface area contributed by atoms with Crippen LogP contribution in [0.25, 0.3) is 0 Å². The van der Waals surface area contributed by atoms with Crippen molar-refractivity contribution in [3.8, 4) is 11.5 Å². The van der Waals surface area contributed by atoms with Crippen LogP contribution in [-0.2, 0) is 6.42 Å². The Hall–Kier alpha value is -1.71. The van der Waals surface area contributed by atoms with Crippen LogP contribution < -0.4 is 0 Å². The van der Waals surface area contributed by atoms with E-state index >= 15 is 0 Å². The van der Waals surface area contributed by atoms with Gasteiger partial charge >= 0.3 is 0 Å². The molecular weight excluding hydrogens is 290 g/mol. The number of carbonyl (C=O) groups excluding carboxylic acids is 1. The first kappa shape index (κ1) is 19.3. The molecule has 4 heteroatoms. The number of phenolic OH excluding ortho intramolecular Hbond substituents is 2. The fourth-order valence-electron chi connectivity index (χ4n) is 2.69. The average molecular weight is 321 g/mol. The Bertz CT molecular complexity index is 500. The second kappa shape index (κ2) is 8.80. The van der Waals surface area contributed by atoms with Crippen molar-refractivity contribution in [2.45, 2.75) is 52.9 Å². The summed E-state index contributed by atoms with van der Waals surface area (Å²) in [7, 11) is 3.28. The first-order valence-electron chi connectivity index (χ1n) is 8.48. The van der Waals surface area contributed by atoms with Gasteiger partial charge in [0.2, 0.25) is 0 Å². The minimum absolute atomic E-state index is 0.00424. The summed E-state index contributed by atoms with van der Waals surface area (Å²) in [4.78, 5) is 13.3. The van der Waals surface area contributed by atoms with Crippen LogP contribution in [0.3, 0.4) is 0 Å². The summed E-state index contributed by atoms with van der Waals surface area (Å²) >= 11 is 0. The van der Waals surface area contributed by atoms with Crippen molar-refractivity contribution in [2.24, 2.45) is 11.8 Å². The van der Waals surface area contributed by atoms with E-state index in [0.717, 1.165) is 18.8 Å². The third kappa shape index (κ3) is 6.12. The quantitative estimate of drug-likeness (QED) is 0.754. The van der Waals surface area contributed by atoms with Gasteiger partial charge in [-0.05, 0) is 36.8 Å². The number of carbonyl (C=O) groups is 1. The third-order valence-corrected chi connectivity index (χ3v) is 4.22. The number of amides is 1. The molecule has 23 heavy (non-hydrogen) atoms. The van der Waals surface area contributed by atoms with Crippen LogP contribution in [0.5, 0.6) is 11.5 Å². The van der Waals surface area contributed by atoms with Crippen molar-refractivity contribution in [3.63, 3.8) is 0 Å². The van der Waals surface area contributed by atoms with Gasteiger partial charge in [-0.3, -0.25) is 4.79 Å². The Labute approximate surface area is 140 Å². The molecule has 0 aliphatic rings. The van der Waals surface area contributed by atoms with Crippen LogP contribution in [0.2, 0.25) is 0 Å². The molecule has 1 atom stereocenters. The van der Waals surface area contributed by atoms with Gasteiger partial charge in [0.1, 0.15) is 11.5 Å². The second-order valence-corrected chi connectivity index (χ2v) is 7.16. The van der Waals surface area contributed by atoms with Crippen molar-refractivity contribution in [2.75, 3.05) is 14.1 Å². The Kier molecular flexibility index (Phi) is 7.40. The van der Waals surface area contributed by atoms with E-state index in [1.54, 1.807) is 14.1 Å². The van der Waals surface area contributed by atoms with E-state index in [-0.39, 0.29) is 17.4 Å². The number of rotatable bonds is 8. The molecule has 1 amide bonds. The molecule has 1 aromatic carbocycles. The molecule has 1 aromatic rings. The highest BCUT2D eigenvalue weighted by Gasteiger charge is 2.16. The van der Waals surface area contributed by atoms with Crippen LogP contribution in [0.15, 0.2) is 12.1 Å². The van der Waals surface area contributed by atoms with Gasteiger partial charge in [-0.2, -0.15) is 0 Å². The van der Waals surface area contributed by atoms with Crippen LogP contribution in [0, 0.1) is 11.8 Å². The number of hydrogen-bond donors (Lipinski definition) is 2. The molecule has 0 heterocycles. The van der Waals surface area contributed by atoms with Gasteiger partial charge in [0, 0.05) is 25.2 Å². The van der Waals surface area contributed by atoms with Crippen molar-refractivity contribution < 1.29 is 15.0 Å². The third-order valence-electron chi connectivity index (χ3n) is 4.22. The summed E-state index contributed by atoms with van der Waals surface area (Å²) in [6.45, 7) is 6.67. The number of hydrogen-bond acceptors (Lipinski definition) is 3. The average Bonchev–Trinajstić information content (AvgIpc) is 2.44. The van der Waals surface area contributed by atoms with Gasteiger partial charge in [0.05, 0.1) is 0 Å². The maximum atomic E-state index is 11.9. The summed E-state index contributed by atoms with van der Waals surface area (Å²) in [5.41, 5.74) is 0.842. The molecule has 0 radical (unpaired) electrons. The second-order valence-electron chi connectivity index (χ2n) is 7.16. The zero-order chi connectivity index (χ0) is 17.6. The largest absolute Gasteiger partial charge is 0.508 e. The SMILES string of the molecule is CC(C)CCCC(C)CCc1c(O)cc(C(=O)N(C)C)cc1O. The first-order valence-corrected chi connectivity index (χ1v) is 8.48. The Morgan fingerprint density at radius 1 is 1.04 bits per heavy atom. The molecule has 0 aliphatic carbocycles. The molecule has 1 rings (SSSR count). The Morgan fingerprint density at radius 3 is 2.09 bits per heavy atom. The van der Waals surface area contributed by atoms with E-state index in [4.69, 9.17) is 0 Å². The number of benzene rings is 1. The van der Waals surface area contributed by atoms with Crippen LogP contribution >= 0.6 is 0 Å². The highest BCUT2D eigenvalue weighted by molar-refractivity contribution is 5.95. The normalized spacial score (nSPS) is 12.4. The van der Waals surface area contributed by atoms with Crippen LogP contribution in [-0.4, -0.2) is 35.1 Å². The predicted molar refractivity (Wildman–Crippen MR) is 94.0 cm³/mol. The lowest BCUT2D eigenvalue weighted by molar-refractivity contribution is 0.0826. The lowest BCUT2D eigenvalue weighted by Crippen LogP contribution is -2.21. The molecule has 0 saturated heterocycles. The first-order chi connectivity index (χ1) is 10.7. The number of phenols is 2. The Balaban J connectivity index is 2.65. The maximum absolute atomic E-state index is 11.9. The van der Waals surface area contributed by atoms with Crippen LogP contribution in [0.1, 0.15) is 62.4 Å². The van der Waals surface area contributed by atoms with E-state index in [0.29, 0.717) is 23.5 Å². The summed E-state index contributed by atoms with van der Waals surface area (Å²) < 4.78 is 0. The molecule has 0 aromatic heterocycles. The zero-order valence-corrected chi connectivity index (χ0v) is 15.1. The Morgan fingerprint density at radius 2 is 1.61 bits per heavy atom. The minimum atomic E-state index is -0.232. The van der Waals surface area contributed by atoms with Crippen LogP contribution in [0.4, 0.5) is 0 Å². The van der Waals surface area contributed by atoms with Crippen molar-refractivity contribution >= 4 is 5.91 Å². The lowest BCUT2D eigenvalue weighted by atomic mass is 9.93. The fourth-order valence-corrected chi connectivity index (χ4v) is 2.69. The summed E-state index contributed by atoms with van der Waals surface area (Å²) in [5.74, 6) is 1.06. The fraction of sp³-hybridized carbons (Fsp3) is 0.632. The summed E-state index contributed by atoms with van der Waals surface area (Å²) in [6.07, 6.45) is 5.16. The molecule has 0 fully saturated rings. The topological polar surface area (TPSA) is 60.8 Å². The summed E-state index contributed by atoms with van der Waals surface area (Å²) in [6, 6.07) is 2.89. The minimum Gasteiger partial charge on any atom is -0.508 e. The zero-order valence-electron chi connectivity index (χ0n) is 15.1. The van der Waals surface area contributed by atoms with Gasteiger partial charge in [-0.25, -0.2) is 0 Å². The molecule has 130 valence electrons. The predicted octanol–water partition coefficient (Wildman–Crippen LogP) is 4.19. The van der Waals surface area contributed by atoms with Crippen molar-refractivity contribution in [3.05, 3.63) is 23.3 Å². The van der Waals surface area contributed by atoms with Gasteiger partial charge in [0.25, 0.3) is 5.91 Å². The van der Waals surface area contributed by atoms with E-state index in [9.17, 15) is 15.0 Å². The van der Waals surface area contributed by atoms with E-state index in [1.165, 1.54) is 29.9 Å². The highest BCUT2D eigenvalue weighted by Crippen LogP contribution is 2.31. The molecule has 0 aliphatic heterocycles. The van der Waals surface area contributed by atoms with Crippen molar-refractivity contribution in [1.29, 1.82) is 0 Å². The standard InChI is InChI=1S/C19H31NO3/c1-13(2)7-6-8-14(3)9-10-16-17(21)11-15(12-18(16)22)19(23)20(4)5/h11-14,21-22H,6-10H2,1-5H3. The van der Waals surface area contributed by atoms with Gasteiger partial charge in [0.15, 0.2) is 0 Å². The van der Waals surface area contributed by atoms with E-state index in [2.05, 4.69) is 20.8 Å². The van der Waals surface area contributed by atoms with Gasteiger partial charge < -0.3 is 15.1 Å². The lowest BCUT2D eigenvalue weighted by Gasteiger charge is -2.15. The molecule has 4 nitrogen and oxygen atoms in total.